The fourth-order valence-electron chi connectivity index (χ4n) is 3.34. The molecule has 1 N–H and O–H groups in total. The number of morpholine rings is 1. The summed E-state index contributed by atoms with van der Waals surface area (Å²) in [6, 6.07) is 10.6. The molecule has 0 bridgehead atoms. The normalized spacial score (nSPS) is 14.0. The molecule has 8 heteroatoms. The molecule has 0 radical (unpaired) electrons. The van der Waals surface area contributed by atoms with Crippen molar-refractivity contribution in [1.29, 1.82) is 0 Å². The summed E-state index contributed by atoms with van der Waals surface area (Å²) >= 11 is 0. The van der Waals surface area contributed by atoms with Gasteiger partial charge in [0, 0.05) is 18.7 Å². The van der Waals surface area contributed by atoms with Gasteiger partial charge in [-0.3, -0.25) is 9.59 Å². The van der Waals surface area contributed by atoms with Gasteiger partial charge >= 0.3 is 0 Å². The third kappa shape index (κ3) is 5.39. The van der Waals surface area contributed by atoms with E-state index in [0.29, 0.717) is 54.7 Å². The summed E-state index contributed by atoms with van der Waals surface area (Å²) < 4.78 is 21.5. The van der Waals surface area contributed by atoms with Crippen LogP contribution in [0.15, 0.2) is 42.1 Å². The van der Waals surface area contributed by atoms with E-state index in [1.807, 2.05) is 19.1 Å². The maximum absolute atomic E-state index is 13.3. The Bertz CT molecular complexity index is 969. The van der Waals surface area contributed by atoms with Gasteiger partial charge in [0.05, 0.1) is 34.5 Å². The molecular weight excluding hydrogens is 412 g/mol. The number of ether oxygens (including phenoxy) is 4. The number of rotatable bonds is 7. The first-order valence-electron chi connectivity index (χ1n) is 10.2. The summed E-state index contributed by atoms with van der Waals surface area (Å²) in [4.78, 5) is 27.8. The van der Waals surface area contributed by atoms with E-state index in [9.17, 15) is 9.59 Å². The van der Waals surface area contributed by atoms with Crippen LogP contribution in [-0.2, 0) is 9.53 Å². The van der Waals surface area contributed by atoms with Crippen LogP contribution in [0.4, 0.5) is 0 Å². The largest absolute Gasteiger partial charge is 0.493 e. The molecule has 8 nitrogen and oxygen atoms in total. The molecule has 0 aromatic heterocycles. The van der Waals surface area contributed by atoms with E-state index in [-0.39, 0.29) is 17.5 Å². The SMILES string of the molecule is COc1cc(C=C(NC(=O)c2ccc(C)cc2)C(=O)N2CCOCC2)cc(OC)c1OC. The van der Waals surface area contributed by atoms with Crippen LogP contribution in [0.5, 0.6) is 17.2 Å². The van der Waals surface area contributed by atoms with Gasteiger partial charge < -0.3 is 29.2 Å². The highest BCUT2D eigenvalue weighted by Gasteiger charge is 2.23. The number of hydrogen-bond acceptors (Lipinski definition) is 6. The van der Waals surface area contributed by atoms with E-state index in [4.69, 9.17) is 18.9 Å². The van der Waals surface area contributed by atoms with Crippen LogP contribution >= 0.6 is 0 Å². The second-order valence-corrected chi connectivity index (χ2v) is 7.24. The molecule has 1 aliphatic heterocycles. The highest BCUT2D eigenvalue weighted by atomic mass is 16.5. The minimum Gasteiger partial charge on any atom is -0.493 e. The number of nitrogens with zero attached hydrogens (tertiary/aromatic N) is 1. The van der Waals surface area contributed by atoms with Crippen LogP contribution < -0.4 is 19.5 Å². The summed E-state index contributed by atoms with van der Waals surface area (Å²) in [5.41, 5.74) is 2.26. The smallest absolute Gasteiger partial charge is 0.270 e. The van der Waals surface area contributed by atoms with E-state index >= 15 is 0 Å². The fourth-order valence-corrected chi connectivity index (χ4v) is 3.34. The van der Waals surface area contributed by atoms with Crippen molar-refractivity contribution in [3.05, 3.63) is 58.8 Å². The quantitative estimate of drug-likeness (QED) is 0.667. The van der Waals surface area contributed by atoms with Gasteiger partial charge in [-0.1, -0.05) is 17.7 Å². The zero-order valence-corrected chi connectivity index (χ0v) is 18.8. The average molecular weight is 440 g/mol. The van der Waals surface area contributed by atoms with Crippen molar-refractivity contribution in [2.75, 3.05) is 47.6 Å². The zero-order valence-electron chi connectivity index (χ0n) is 18.8. The van der Waals surface area contributed by atoms with E-state index in [0.717, 1.165) is 5.56 Å². The molecule has 2 aromatic carbocycles. The molecule has 3 rings (SSSR count). The first kappa shape index (κ1) is 23.1. The van der Waals surface area contributed by atoms with E-state index in [1.54, 1.807) is 35.2 Å². The van der Waals surface area contributed by atoms with Crippen molar-refractivity contribution < 1.29 is 28.5 Å². The molecule has 0 saturated carbocycles. The van der Waals surface area contributed by atoms with Crippen molar-refractivity contribution in [3.63, 3.8) is 0 Å². The summed E-state index contributed by atoms with van der Waals surface area (Å²) in [5, 5.41) is 2.78. The van der Waals surface area contributed by atoms with E-state index in [1.165, 1.54) is 21.3 Å². The Balaban J connectivity index is 1.99. The van der Waals surface area contributed by atoms with Crippen molar-refractivity contribution in [1.82, 2.24) is 10.2 Å². The number of amides is 2. The van der Waals surface area contributed by atoms with E-state index in [2.05, 4.69) is 5.32 Å². The number of nitrogens with one attached hydrogen (secondary N) is 1. The maximum Gasteiger partial charge on any atom is 0.270 e. The van der Waals surface area contributed by atoms with Crippen LogP contribution in [0, 0.1) is 6.92 Å². The molecule has 1 heterocycles. The number of benzene rings is 2. The molecule has 2 amide bonds. The summed E-state index contributed by atoms with van der Waals surface area (Å²) in [6.45, 7) is 3.75. The molecule has 0 aliphatic carbocycles. The molecule has 0 spiro atoms. The second kappa shape index (κ2) is 10.7. The van der Waals surface area contributed by atoms with Gasteiger partial charge in [0.2, 0.25) is 5.75 Å². The highest BCUT2D eigenvalue weighted by Crippen LogP contribution is 2.38. The molecule has 1 saturated heterocycles. The number of aryl methyl sites for hydroxylation is 1. The third-order valence-electron chi connectivity index (χ3n) is 5.09. The van der Waals surface area contributed by atoms with Crippen LogP contribution in [0.1, 0.15) is 21.5 Å². The Morgan fingerprint density at radius 2 is 1.56 bits per heavy atom. The minimum atomic E-state index is -0.370. The van der Waals surface area contributed by atoms with Crippen molar-refractivity contribution >= 4 is 17.9 Å². The molecule has 1 aliphatic rings. The fraction of sp³-hybridized carbons (Fsp3) is 0.333. The zero-order chi connectivity index (χ0) is 23.1. The second-order valence-electron chi connectivity index (χ2n) is 7.24. The standard InChI is InChI=1S/C24H28N2O6/c1-16-5-7-18(8-6-16)23(27)25-19(24(28)26-9-11-32-12-10-26)13-17-14-20(29-2)22(31-4)21(15-17)30-3/h5-8,13-15H,9-12H2,1-4H3,(H,25,27). The van der Waals surface area contributed by atoms with Gasteiger partial charge in [0.1, 0.15) is 5.70 Å². The van der Waals surface area contributed by atoms with Crippen LogP contribution in [-0.4, -0.2) is 64.3 Å². The Morgan fingerprint density at radius 1 is 0.969 bits per heavy atom. The number of carbonyl (C=O) groups is 2. The summed E-state index contributed by atoms with van der Waals surface area (Å²) in [6.07, 6.45) is 1.61. The highest BCUT2D eigenvalue weighted by molar-refractivity contribution is 6.05. The summed E-state index contributed by atoms with van der Waals surface area (Å²) in [5.74, 6) is 0.673. The van der Waals surface area contributed by atoms with Crippen molar-refractivity contribution in [2.24, 2.45) is 0 Å². The molecule has 2 aromatic rings. The maximum atomic E-state index is 13.3. The van der Waals surface area contributed by atoms with Gasteiger partial charge in [-0.15, -0.1) is 0 Å². The number of hydrogen-bond donors (Lipinski definition) is 1. The number of methoxy groups -OCH3 is 3. The number of carbonyl (C=O) groups excluding carboxylic acids is 2. The first-order chi connectivity index (χ1) is 15.5. The summed E-state index contributed by atoms with van der Waals surface area (Å²) in [7, 11) is 4.55. The minimum absolute atomic E-state index is 0.145. The predicted octanol–water partition coefficient (Wildman–Crippen LogP) is 2.65. The average Bonchev–Trinajstić information content (AvgIpc) is 2.83. The Labute approximate surface area is 187 Å². The van der Waals surface area contributed by atoms with Crippen LogP contribution in [0.25, 0.3) is 6.08 Å². The van der Waals surface area contributed by atoms with Gasteiger partial charge in [-0.05, 0) is 42.8 Å². The predicted molar refractivity (Wildman–Crippen MR) is 120 cm³/mol. The Hall–Kier alpha value is -3.52. The topological polar surface area (TPSA) is 86.3 Å². The molecule has 32 heavy (non-hydrogen) atoms. The molecule has 0 atom stereocenters. The molecular formula is C24H28N2O6. The lowest BCUT2D eigenvalue weighted by Crippen LogP contribution is -2.44. The Kier molecular flexibility index (Phi) is 7.72. The van der Waals surface area contributed by atoms with E-state index < -0.39 is 0 Å². The molecule has 170 valence electrons. The van der Waals surface area contributed by atoms with Gasteiger partial charge in [-0.2, -0.15) is 0 Å². The van der Waals surface area contributed by atoms with Gasteiger partial charge in [-0.25, -0.2) is 0 Å². The van der Waals surface area contributed by atoms with Gasteiger partial charge in [0.25, 0.3) is 11.8 Å². The first-order valence-corrected chi connectivity index (χ1v) is 10.2. The lowest BCUT2D eigenvalue weighted by molar-refractivity contribution is -0.131. The van der Waals surface area contributed by atoms with Crippen molar-refractivity contribution in [2.45, 2.75) is 6.92 Å². The monoisotopic (exact) mass is 440 g/mol. The lowest BCUT2D eigenvalue weighted by Gasteiger charge is -2.28. The van der Waals surface area contributed by atoms with Crippen LogP contribution in [0.2, 0.25) is 0 Å². The Morgan fingerprint density at radius 3 is 2.09 bits per heavy atom. The lowest BCUT2D eigenvalue weighted by atomic mass is 10.1. The van der Waals surface area contributed by atoms with Crippen molar-refractivity contribution in [3.8, 4) is 17.2 Å². The molecule has 0 unspecified atom stereocenters. The molecule has 1 fully saturated rings. The third-order valence-corrected chi connectivity index (χ3v) is 5.09. The van der Waals surface area contributed by atoms with Crippen LogP contribution in [0.3, 0.4) is 0 Å². The van der Waals surface area contributed by atoms with Gasteiger partial charge in [0.15, 0.2) is 11.5 Å².